The molecule has 4 heteroatoms. The van der Waals surface area contributed by atoms with E-state index >= 15 is 0 Å². The Bertz CT molecular complexity index is 359. The Hall–Kier alpha value is -0.870. The van der Waals surface area contributed by atoms with Crippen LogP contribution in [0.4, 0.5) is 0 Å². The van der Waals surface area contributed by atoms with Gasteiger partial charge in [-0.3, -0.25) is 9.69 Å². The first kappa shape index (κ1) is 14.5. The van der Waals surface area contributed by atoms with Crippen molar-refractivity contribution in [2.24, 2.45) is 0 Å². The zero-order valence-electron chi connectivity index (χ0n) is 12.2. The fraction of sp³-hybridized carbons (Fsp3) is 0.800. The van der Waals surface area contributed by atoms with Crippen LogP contribution in [0.3, 0.4) is 0 Å². The summed E-state index contributed by atoms with van der Waals surface area (Å²) in [6.45, 7) is 0.988. The highest BCUT2D eigenvalue weighted by molar-refractivity contribution is 5.79. The summed E-state index contributed by atoms with van der Waals surface area (Å²) in [7, 11) is 3.78. The van der Waals surface area contributed by atoms with Crippen molar-refractivity contribution in [3.05, 3.63) is 11.8 Å². The van der Waals surface area contributed by atoms with Gasteiger partial charge in [-0.05, 0) is 39.2 Å². The van der Waals surface area contributed by atoms with Gasteiger partial charge in [0.1, 0.15) is 0 Å². The van der Waals surface area contributed by atoms with Crippen LogP contribution in [0.2, 0.25) is 0 Å². The Morgan fingerprint density at radius 3 is 2.58 bits per heavy atom. The molecule has 2 aliphatic rings. The lowest BCUT2D eigenvalue weighted by atomic mass is 10.0. The quantitative estimate of drug-likeness (QED) is 0.824. The summed E-state index contributed by atoms with van der Waals surface area (Å²) < 4.78 is 0. The molecule has 0 saturated heterocycles. The van der Waals surface area contributed by atoms with Crippen LogP contribution in [-0.4, -0.2) is 53.6 Å². The van der Waals surface area contributed by atoms with Crippen LogP contribution in [0.15, 0.2) is 11.8 Å². The summed E-state index contributed by atoms with van der Waals surface area (Å²) in [6, 6.07) is 0. The first-order valence-electron chi connectivity index (χ1n) is 7.37. The second-order valence-electron chi connectivity index (χ2n) is 6.14. The highest BCUT2D eigenvalue weighted by Crippen LogP contribution is 2.30. The third kappa shape index (κ3) is 3.80. The molecule has 2 rings (SSSR count). The van der Waals surface area contributed by atoms with Crippen LogP contribution in [0.1, 0.15) is 44.9 Å². The standard InChI is InChI=1S/C15H26N2O2/c1-16(12-15(19)9-5-6-10-15)11-14(18)17(2)13-7-3-4-8-13/h7,19H,3-6,8-12H2,1-2H3. The number of hydrogen-bond donors (Lipinski definition) is 1. The number of aliphatic hydroxyl groups is 1. The molecular formula is C15H26N2O2. The topological polar surface area (TPSA) is 43.8 Å². The zero-order chi connectivity index (χ0) is 13.9. The molecule has 1 amide bonds. The monoisotopic (exact) mass is 266 g/mol. The largest absolute Gasteiger partial charge is 0.389 e. The molecule has 0 heterocycles. The van der Waals surface area contributed by atoms with E-state index in [9.17, 15) is 9.90 Å². The summed E-state index contributed by atoms with van der Waals surface area (Å²) >= 11 is 0. The van der Waals surface area contributed by atoms with Gasteiger partial charge in [-0.2, -0.15) is 0 Å². The molecule has 108 valence electrons. The van der Waals surface area contributed by atoms with Gasteiger partial charge in [0.25, 0.3) is 0 Å². The molecule has 0 aromatic heterocycles. The number of rotatable bonds is 5. The summed E-state index contributed by atoms with van der Waals surface area (Å²) in [4.78, 5) is 15.9. The predicted molar refractivity (Wildman–Crippen MR) is 75.6 cm³/mol. The normalized spacial score (nSPS) is 21.8. The molecule has 19 heavy (non-hydrogen) atoms. The minimum absolute atomic E-state index is 0.122. The van der Waals surface area contributed by atoms with Gasteiger partial charge in [0.2, 0.25) is 5.91 Å². The SMILES string of the molecule is CN(CC(=O)N(C)C1=CCCC1)CC1(O)CCCC1. The van der Waals surface area contributed by atoms with E-state index in [-0.39, 0.29) is 5.91 Å². The molecule has 4 nitrogen and oxygen atoms in total. The number of amides is 1. The second-order valence-corrected chi connectivity index (χ2v) is 6.14. The molecule has 2 aliphatic carbocycles. The maximum absolute atomic E-state index is 12.2. The van der Waals surface area contributed by atoms with Crippen LogP contribution >= 0.6 is 0 Å². The van der Waals surface area contributed by atoms with Crippen LogP contribution in [0, 0.1) is 0 Å². The number of hydrogen-bond acceptors (Lipinski definition) is 3. The van der Waals surface area contributed by atoms with Gasteiger partial charge in [0, 0.05) is 19.3 Å². The molecule has 1 saturated carbocycles. The van der Waals surface area contributed by atoms with Crippen LogP contribution in [0.25, 0.3) is 0 Å². The molecule has 0 spiro atoms. The number of carbonyl (C=O) groups is 1. The average molecular weight is 266 g/mol. The number of nitrogens with zero attached hydrogens (tertiary/aromatic N) is 2. The number of likely N-dealkylation sites (N-methyl/N-ethyl adjacent to an activating group) is 2. The number of carbonyl (C=O) groups excluding carboxylic acids is 1. The molecule has 0 unspecified atom stereocenters. The molecule has 0 aromatic carbocycles. The molecule has 0 aliphatic heterocycles. The second kappa shape index (κ2) is 6.06. The summed E-state index contributed by atoms with van der Waals surface area (Å²) in [5.74, 6) is 0.122. The van der Waals surface area contributed by atoms with Crippen molar-refractivity contribution >= 4 is 5.91 Å². The minimum atomic E-state index is -0.569. The molecule has 0 atom stereocenters. The first-order chi connectivity index (χ1) is 9.00. The van der Waals surface area contributed by atoms with E-state index in [1.54, 1.807) is 4.90 Å². The molecule has 0 bridgehead atoms. The Labute approximate surface area is 116 Å². The molecule has 1 fully saturated rings. The van der Waals surface area contributed by atoms with E-state index in [4.69, 9.17) is 0 Å². The third-order valence-corrected chi connectivity index (χ3v) is 4.33. The zero-order valence-corrected chi connectivity index (χ0v) is 12.2. The number of allylic oxidation sites excluding steroid dienone is 2. The summed E-state index contributed by atoms with van der Waals surface area (Å²) in [5, 5.41) is 10.3. The van der Waals surface area contributed by atoms with Gasteiger partial charge in [0.05, 0.1) is 12.1 Å². The summed E-state index contributed by atoms with van der Waals surface area (Å²) in [5.41, 5.74) is 0.582. The Morgan fingerprint density at radius 2 is 2.00 bits per heavy atom. The Kier molecular flexibility index (Phi) is 4.63. The first-order valence-corrected chi connectivity index (χ1v) is 7.37. The van der Waals surface area contributed by atoms with Gasteiger partial charge < -0.3 is 10.0 Å². The van der Waals surface area contributed by atoms with Crippen molar-refractivity contribution in [2.45, 2.75) is 50.5 Å². The minimum Gasteiger partial charge on any atom is -0.389 e. The van der Waals surface area contributed by atoms with Crippen molar-refractivity contribution in [1.82, 2.24) is 9.80 Å². The summed E-state index contributed by atoms with van der Waals surface area (Å²) in [6.07, 6.45) is 9.35. The average Bonchev–Trinajstić information content (AvgIpc) is 2.98. The van der Waals surface area contributed by atoms with Crippen molar-refractivity contribution in [3.8, 4) is 0 Å². The van der Waals surface area contributed by atoms with Crippen LogP contribution in [0.5, 0.6) is 0 Å². The van der Waals surface area contributed by atoms with Gasteiger partial charge in [-0.25, -0.2) is 0 Å². The fourth-order valence-corrected chi connectivity index (χ4v) is 3.21. The highest BCUT2D eigenvalue weighted by Gasteiger charge is 2.32. The van der Waals surface area contributed by atoms with Crippen LogP contribution < -0.4 is 0 Å². The smallest absolute Gasteiger partial charge is 0.240 e. The lowest BCUT2D eigenvalue weighted by molar-refractivity contribution is -0.129. The molecule has 0 radical (unpaired) electrons. The van der Waals surface area contributed by atoms with E-state index in [1.165, 1.54) is 0 Å². The van der Waals surface area contributed by atoms with Crippen molar-refractivity contribution < 1.29 is 9.90 Å². The Balaban J connectivity index is 1.81. The predicted octanol–water partition coefficient (Wildman–Crippen LogP) is 1.75. The Morgan fingerprint density at radius 1 is 1.32 bits per heavy atom. The fourth-order valence-electron chi connectivity index (χ4n) is 3.21. The van der Waals surface area contributed by atoms with E-state index in [0.717, 1.165) is 50.6 Å². The van der Waals surface area contributed by atoms with Crippen molar-refractivity contribution in [3.63, 3.8) is 0 Å². The maximum atomic E-state index is 12.2. The van der Waals surface area contributed by atoms with Gasteiger partial charge in [0.15, 0.2) is 0 Å². The van der Waals surface area contributed by atoms with Crippen molar-refractivity contribution in [2.75, 3.05) is 27.2 Å². The highest BCUT2D eigenvalue weighted by atomic mass is 16.3. The van der Waals surface area contributed by atoms with Crippen molar-refractivity contribution in [1.29, 1.82) is 0 Å². The van der Waals surface area contributed by atoms with Gasteiger partial charge >= 0.3 is 0 Å². The van der Waals surface area contributed by atoms with E-state index in [2.05, 4.69) is 6.08 Å². The lowest BCUT2D eigenvalue weighted by Gasteiger charge is -2.29. The van der Waals surface area contributed by atoms with Gasteiger partial charge in [-0.15, -0.1) is 0 Å². The van der Waals surface area contributed by atoms with E-state index in [0.29, 0.717) is 13.1 Å². The lowest BCUT2D eigenvalue weighted by Crippen LogP contribution is -2.43. The third-order valence-electron chi connectivity index (χ3n) is 4.33. The van der Waals surface area contributed by atoms with E-state index < -0.39 is 5.60 Å². The maximum Gasteiger partial charge on any atom is 0.240 e. The van der Waals surface area contributed by atoms with Gasteiger partial charge in [-0.1, -0.05) is 18.9 Å². The molecule has 0 aromatic rings. The molecular weight excluding hydrogens is 240 g/mol. The van der Waals surface area contributed by atoms with E-state index in [1.807, 2.05) is 19.0 Å². The van der Waals surface area contributed by atoms with Crippen LogP contribution in [-0.2, 0) is 4.79 Å². The molecule has 1 N–H and O–H groups in total.